The molecule has 1 amide bonds. The maximum atomic E-state index is 13.0. The first-order valence-corrected chi connectivity index (χ1v) is 7.54. The number of aromatic nitrogens is 2. The number of aryl methyl sites for hydroxylation is 1. The van der Waals surface area contributed by atoms with Crippen LogP contribution >= 0.6 is 0 Å². The minimum absolute atomic E-state index is 0.182. The molecule has 1 saturated heterocycles. The van der Waals surface area contributed by atoms with Crippen LogP contribution in [-0.2, 0) is 4.74 Å². The van der Waals surface area contributed by atoms with Crippen molar-refractivity contribution < 1.29 is 23.4 Å². The Bertz CT molecular complexity index is 730. The summed E-state index contributed by atoms with van der Waals surface area (Å²) in [4.78, 5) is 14.7. The summed E-state index contributed by atoms with van der Waals surface area (Å²) in [7, 11) is 3.08. The molecule has 0 bridgehead atoms. The van der Waals surface area contributed by atoms with Crippen LogP contribution in [0.2, 0.25) is 0 Å². The molecule has 3 rings (SSSR count). The smallest absolute Gasteiger partial charge is 0.258 e. The number of carbonyl (C=O) groups excluding carboxylic acids is 1. The van der Waals surface area contributed by atoms with E-state index in [-0.39, 0.29) is 5.91 Å². The van der Waals surface area contributed by atoms with Crippen molar-refractivity contribution in [3.8, 4) is 11.5 Å². The Balaban J connectivity index is 1.92. The van der Waals surface area contributed by atoms with Crippen molar-refractivity contribution in [2.24, 2.45) is 0 Å². The van der Waals surface area contributed by atoms with Gasteiger partial charge in [-0.2, -0.15) is 0 Å². The highest BCUT2D eigenvalue weighted by Crippen LogP contribution is 2.30. The fourth-order valence-electron chi connectivity index (χ4n) is 2.63. The number of hydrogen-bond acceptors (Lipinski definition) is 7. The minimum atomic E-state index is -0.417. The zero-order chi connectivity index (χ0) is 17.1. The molecule has 1 fully saturated rings. The maximum Gasteiger partial charge on any atom is 0.258 e. The van der Waals surface area contributed by atoms with Gasteiger partial charge in [0.25, 0.3) is 5.91 Å². The molecule has 1 aromatic carbocycles. The first-order chi connectivity index (χ1) is 11.6. The lowest BCUT2D eigenvalue weighted by atomic mass is 10.1. The highest BCUT2D eigenvalue weighted by molar-refractivity contribution is 5.97. The van der Waals surface area contributed by atoms with Gasteiger partial charge in [0.2, 0.25) is 11.8 Å². The number of hydrogen-bond donors (Lipinski definition) is 0. The monoisotopic (exact) mass is 333 g/mol. The predicted molar refractivity (Wildman–Crippen MR) is 83.2 cm³/mol. The van der Waals surface area contributed by atoms with E-state index in [1.54, 1.807) is 37.1 Å². The van der Waals surface area contributed by atoms with Gasteiger partial charge in [-0.25, -0.2) is 0 Å². The normalized spacial score (nSPS) is 17.6. The zero-order valence-corrected chi connectivity index (χ0v) is 13.8. The molecule has 0 spiro atoms. The molecular weight excluding hydrogens is 314 g/mol. The van der Waals surface area contributed by atoms with Crippen molar-refractivity contribution in [1.29, 1.82) is 0 Å². The lowest BCUT2D eigenvalue weighted by molar-refractivity contribution is -0.0107. The molecule has 24 heavy (non-hydrogen) atoms. The second-order valence-electron chi connectivity index (χ2n) is 5.31. The molecule has 1 aromatic heterocycles. The maximum absolute atomic E-state index is 13.0. The topological polar surface area (TPSA) is 86.9 Å². The summed E-state index contributed by atoms with van der Waals surface area (Å²) in [6.45, 7) is 2.90. The zero-order valence-electron chi connectivity index (χ0n) is 13.8. The number of rotatable bonds is 4. The second-order valence-corrected chi connectivity index (χ2v) is 5.31. The number of benzene rings is 1. The van der Waals surface area contributed by atoms with Gasteiger partial charge in [0.15, 0.2) is 0 Å². The van der Waals surface area contributed by atoms with Gasteiger partial charge in [-0.05, 0) is 12.1 Å². The first kappa shape index (κ1) is 16.3. The highest BCUT2D eigenvalue weighted by Gasteiger charge is 2.34. The van der Waals surface area contributed by atoms with Crippen molar-refractivity contribution in [2.75, 3.05) is 34.0 Å². The van der Waals surface area contributed by atoms with Crippen LogP contribution in [0.15, 0.2) is 22.6 Å². The van der Waals surface area contributed by atoms with Gasteiger partial charge in [0.05, 0.1) is 33.0 Å². The van der Waals surface area contributed by atoms with E-state index in [1.807, 2.05) is 0 Å². The van der Waals surface area contributed by atoms with Gasteiger partial charge in [-0.3, -0.25) is 4.79 Å². The highest BCUT2D eigenvalue weighted by atomic mass is 16.5. The van der Waals surface area contributed by atoms with Gasteiger partial charge in [0, 0.05) is 19.5 Å². The molecule has 0 unspecified atom stereocenters. The number of carbonyl (C=O) groups is 1. The average Bonchev–Trinajstić information content (AvgIpc) is 3.06. The van der Waals surface area contributed by atoms with Crippen LogP contribution < -0.4 is 9.47 Å². The molecule has 1 aliphatic heterocycles. The third kappa shape index (κ3) is 3.05. The summed E-state index contributed by atoms with van der Waals surface area (Å²) >= 11 is 0. The molecule has 0 radical (unpaired) electrons. The van der Waals surface area contributed by atoms with Gasteiger partial charge in [-0.15, -0.1) is 10.2 Å². The number of ether oxygens (including phenoxy) is 3. The number of methoxy groups -OCH3 is 2. The molecule has 128 valence electrons. The molecule has 0 aliphatic carbocycles. The molecule has 0 N–H and O–H groups in total. The first-order valence-electron chi connectivity index (χ1n) is 7.54. The van der Waals surface area contributed by atoms with Gasteiger partial charge in [0.1, 0.15) is 17.5 Å². The van der Waals surface area contributed by atoms with E-state index in [0.29, 0.717) is 48.6 Å². The van der Waals surface area contributed by atoms with Crippen LogP contribution in [0.4, 0.5) is 0 Å². The molecule has 8 heteroatoms. The van der Waals surface area contributed by atoms with Crippen LogP contribution in [0.3, 0.4) is 0 Å². The fraction of sp³-hybridized carbons (Fsp3) is 0.438. The van der Waals surface area contributed by atoms with Gasteiger partial charge in [-0.1, -0.05) is 0 Å². The summed E-state index contributed by atoms with van der Waals surface area (Å²) in [5, 5.41) is 7.86. The van der Waals surface area contributed by atoms with E-state index in [4.69, 9.17) is 18.6 Å². The third-order valence-corrected chi connectivity index (χ3v) is 3.86. The lowest BCUT2D eigenvalue weighted by Crippen LogP contribution is -2.43. The van der Waals surface area contributed by atoms with Crippen molar-refractivity contribution >= 4 is 5.91 Å². The van der Waals surface area contributed by atoms with Crippen molar-refractivity contribution in [3.63, 3.8) is 0 Å². The summed E-state index contributed by atoms with van der Waals surface area (Å²) in [6, 6.07) is 4.67. The van der Waals surface area contributed by atoms with Crippen LogP contribution in [-0.4, -0.2) is 55.0 Å². The molecule has 8 nitrogen and oxygen atoms in total. The van der Waals surface area contributed by atoms with Crippen molar-refractivity contribution in [3.05, 3.63) is 35.5 Å². The van der Waals surface area contributed by atoms with E-state index >= 15 is 0 Å². The summed E-state index contributed by atoms with van der Waals surface area (Å²) < 4.78 is 21.5. The summed E-state index contributed by atoms with van der Waals surface area (Å²) in [5.41, 5.74) is 0.446. The molecule has 2 heterocycles. The lowest BCUT2D eigenvalue weighted by Gasteiger charge is -2.33. The fourth-order valence-corrected chi connectivity index (χ4v) is 2.63. The second kappa shape index (κ2) is 6.88. The molecule has 1 atom stereocenters. The Labute approximate surface area is 139 Å². The van der Waals surface area contributed by atoms with E-state index in [9.17, 15) is 4.79 Å². The molecule has 2 aromatic rings. The molecule has 0 saturated carbocycles. The summed E-state index contributed by atoms with van der Waals surface area (Å²) in [5.74, 6) is 1.71. The van der Waals surface area contributed by atoms with Crippen LogP contribution in [0, 0.1) is 6.92 Å². The molecule has 1 aliphatic rings. The van der Waals surface area contributed by atoms with Crippen LogP contribution in [0.25, 0.3) is 0 Å². The van der Waals surface area contributed by atoms with E-state index in [1.165, 1.54) is 7.11 Å². The van der Waals surface area contributed by atoms with Gasteiger partial charge >= 0.3 is 0 Å². The number of nitrogens with zero attached hydrogens (tertiary/aromatic N) is 3. The Hall–Kier alpha value is -2.61. The van der Waals surface area contributed by atoms with E-state index < -0.39 is 6.04 Å². The Morgan fingerprint density at radius 1 is 1.29 bits per heavy atom. The van der Waals surface area contributed by atoms with Crippen LogP contribution in [0.1, 0.15) is 28.2 Å². The van der Waals surface area contributed by atoms with E-state index in [2.05, 4.69) is 10.2 Å². The Kier molecular flexibility index (Phi) is 4.66. The largest absolute Gasteiger partial charge is 0.497 e. The third-order valence-electron chi connectivity index (χ3n) is 3.86. The SMILES string of the molecule is COc1ccc(C(=O)N2CCOC[C@H]2c2nnc(C)o2)c(OC)c1. The Morgan fingerprint density at radius 3 is 2.79 bits per heavy atom. The Morgan fingerprint density at radius 2 is 2.12 bits per heavy atom. The molecular formula is C16H19N3O5. The average molecular weight is 333 g/mol. The number of amides is 1. The van der Waals surface area contributed by atoms with Crippen LogP contribution in [0.5, 0.6) is 11.5 Å². The predicted octanol–water partition coefficient (Wildman–Crippen LogP) is 1.61. The summed E-state index contributed by atoms with van der Waals surface area (Å²) in [6.07, 6.45) is 0. The number of morpholine rings is 1. The van der Waals surface area contributed by atoms with Gasteiger partial charge < -0.3 is 23.5 Å². The van der Waals surface area contributed by atoms with Crippen molar-refractivity contribution in [2.45, 2.75) is 13.0 Å². The van der Waals surface area contributed by atoms with E-state index in [0.717, 1.165) is 0 Å². The quantitative estimate of drug-likeness (QED) is 0.840. The minimum Gasteiger partial charge on any atom is -0.497 e. The van der Waals surface area contributed by atoms with Crippen molar-refractivity contribution in [1.82, 2.24) is 15.1 Å². The standard InChI is InChI=1S/C16H19N3O5/c1-10-17-18-15(24-10)13-9-23-7-6-19(13)16(20)12-5-4-11(21-2)8-14(12)22-3/h4-5,8,13H,6-7,9H2,1-3H3/t13-/m0/s1.